The van der Waals surface area contributed by atoms with Crippen LogP contribution in [0, 0.1) is 0 Å². The molecule has 0 aliphatic heterocycles. The summed E-state index contributed by atoms with van der Waals surface area (Å²) in [6.45, 7) is 1.96. The Balaban J connectivity index is 2.08. The second kappa shape index (κ2) is 4.82. The molecule has 0 spiro atoms. The monoisotopic (exact) mass is 229 g/mol. The number of aromatic nitrogens is 2. The van der Waals surface area contributed by atoms with E-state index in [1.807, 2.05) is 37.3 Å². The summed E-state index contributed by atoms with van der Waals surface area (Å²) in [5, 5.41) is 6.91. The average molecular weight is 229 g/mol. The van der Waals surface area contributed by atoms with Crippen LogP contribution in [0.25, 0.3) is 0 Å². The van der Waals surface area contributed by atoms with E-state index < -0.39 is 0 Å². The third kappa shape index (κ3) is 2.53. The Labute approximate surface area is 100 Å². The first-order valence-corrected chi connectivity index (χ1v) is 5.52. The van der Waals surface area contributed by atoms with Crippen molar-refractivity contribution < 1.29 is 4.79 Å². The van der Waals surface area contributed by atoms with Gasteiger partial charge in [0.15, 0.2) is 0 Å². The first kappa shape index (κ1) is 11.4. The molecule has 88 valence electrons. The Morgan fingerprint density at radius 3 is 2.59 bits per heavy atom. The van der Waals surface area contributed by atoms with Gasteiger partial charge in [-0.3, -0.25) is 9.48 Å². The van der Waals surface area contributed by atoms with E-state index in [0.29, 0.717) is 5.69 Å². The molecule has 0 aliphatic carbocycles. The van der Waals surface area contributed by atoms with E-state index in [-0.39, 0.29) is 11.9 Å². The van der Waals surface area contributed by atoms with E-state index >= 15 is 0 Å². The minimum atomic E-state index is -0.110. The first-order chi connectivity index (χ1) is 8.18. The molecule has 0 saturated heterocycles. The van der Waals surface area contributed by atoms with Crippen molar-refractivity contribution in [3.63, 3.8) is 0 Å². The lowest BCUT2D eigenvalue weighted by atomic mass is 10.1. The van der Waals surface area contributed by atoms with Gasteiger partial charge in [0.2, 0.25) is 0 Å². The summed E-state index contributed by atoms with van der Waals surface area (Å²) in [6, 6.07) is 11.6. The number of rotatable bonds is 3. The van der Waals surface area contributed by atoms with Crippen LogP contribution >= 0.6 is 0 Å². The molecule has 2 rings (SSSR count). The molecule has 0 unspecified atom stereocenters. The van der Waals surface area contributed by atoms with Crippen LogP contribution in [0.3, 0.4) is 0 Å². The van der Waals surface area contributed by atoms with E-state index in [2.05, 4.69) is 10.4 Å². The summed E-state index contributed by atoms with van der Waals surface area (Å²) in [4.78, 5) is 11.9. The van der Waals surface area contributed by atoms with Crippen molar-refractivity contribution in [3.8, 4) is 0 Å². The second-order valence-electron chi connectivity index (χ2n) is 3.95. The van der Waals surface area contributed by atoms with E-state index in [0.717, 1.165) is 5.56 Å². The third-order valence-electron chi connectivity index (χ3n) is 2.70. The van der Waals surface area contributed by atoms with Crippen LogP contribution in [0.15, 0.2) is 42.6 Å². The van der Waals surface area contributed by atoms with Crippen molar-refractivity contribution in [1.82, 2.24) is 15.1 Å². The highest BCUT2D eigenvalue weighted by Crippen LogP contribution is 2.11. The summed E-state index contributed by atoms with van der Waals surface area (Å²) in [7, 11) is 1.75. The fourth-order valence-electron chi connectivity index (χ4n) is 1.69. The summed E-state index contributed by atoms with van der Waals surface area (Å²) in [5.41, 5.74) is 1.65. The van der Waals surface area contributed by atoms with Crippen LogP contribution in [-0.2, 0) is 7.05 Å². The molecule has 2 aromatic rings. The Bertz CT molecular complexity index is 504. The summed E-state index contributed by atoms with van der Waals surface area (Å²) < 4.78 is 1.56. The highest BCUT2D eigenvalue weighted by Gasteiger charge is 2.13. The summed E-state index contributed by atoms with van der Waals surface area (Å²) >= 11 is 0. The zero-order valence-electron chi connectivity index (χ0n) is 9.92. The van der Waals surface area contributed by atoms with E-state index in [1.54, 1.807) is 24.0 Å². The number of hydrogen-bond acceptors (Lipinski definition) is 2. The van der Waals surface area contributed by atoms with Crippen molar-refractivity contribution in [2.24, 2.45) is 7.05 Å². The van der Waals surface area contributed by atoms with Crippen molar-refractivity contribution >= 4 is 5.91 Å². The Kier molecular flexibility index (Phi) is 3.23. The van der Waals surface area contributed by atoms with Crippen LogP contribution < -0.4 is 5.32 Å². The van der Waals surface area contributed by atoms with E-state index in [4.69, 9.17) is 0 Å². The number of nitrogens with one attached hydrogen (secondary N) is 1. The number of benzene rings is 1. The first-order valence-electron chi connectivity index (χ1n) is 5.52. The molecule has 0 saturated carbocycles. The zero-order valence-corrected chi connectivity index (χ0v) is 9.92. The number of carbonyl (C=O) groups excluding carboxylic acids is 1. The lowest BCUT2D eigenvalue weighted by Crippen LogP contribution is -2.28. The lowest BCUT2D eigenvalue weighted by molar-refractivity contribution is 0.0930. The minimum Gasteiger partial charge on any atom is -0.344 e. The predicted octanol–water partition coefficient (Wildman–Crippen LogP) is 1.91. The van der Waals surface area contributed by atoms with Crippen LogP contribution in [0.2, 0.25) is 0 Å². The van der Waals surface area contributed by atoms with Gasteiger partial charge >= 0.3 is 0 Å². The largest absolute Gasteiger partial charge is 0.344 e. The predicted molar refractivity (Wildman–Crippen MR) is 65.5 cm³/mol. The fraction of sp³-hybridized carbons (Fsp3) is 0.231. The van der Waals surface area contributed by atoms with Gasteiger partial charge in [0.05, 0.1) is 6.04 Å². The van der Waals surface area contributed by atoms with E-state index in [1.165, 1.54) is 0 Å². The fourth-order valence-corrected chi connectivity index (χ4v) is 1.69. The van der Waals surface area contributed by atoms with Crippen LogP contribution in [0.1, 0.15) is 29.0 Å². The van der Waals surface area contributed by atoms with Gasteiger partial charge in [-0.25, -0.2) is 0 Å². The highest BCUT2D eigenvalue weighted by atomic mass is 16.2. The molecule has 1 heterocycles. The van der Waals surface area contributed by atoms with Gasteiger partial charge in [0.25, 0.3) is 5.91 Å². The standard InChI is InChI=1S/C13H15N3O/c1-10(11-6-4-3-5-7-11)15-13(17)12-8-9-14-16(12)2/h3-10H,1-2H3,(H,15,17)/t10-/m0/s1. The number of hydrogen-bond donors (Lipinski definition) is 1. The smallest absolute Gasteiger partial charge is 0.270 e. The van der Waals surface area contributed by atoms with Crippen LogP contribution in [-0.4, -0.2) is 15.7 Å². The summed E-state index contributed by atoms with van der Waals surface area (Å²) in [6.07, 6.45) is 1.61. The molecule has 0 fully saturated rings. The molecule has 1 aromatic carbocycles. The highest BCUT2D eigenvalue weighted by molar-refractivity contribution is 5.92. The molecule has 17 heavy (non-hydrogen) atoms. The maximum Gasteiger partial charge on any atom is 0.270 e. The Morgan fingerprint density at radius 2 is 2.00 bits per heavy atom. The van der Waals surface area contributed by atoms with E-state index in [9.17, 15) is 4.79 Å². The van der Waals surface area contributed by atoms with Gasteiger partial charge in [-0.1, -0.05) is 30.3 Å². The van der Waals surface area contributed by atoms with Gasteiger partial charge in [-0.2, -0.15) is 5.10 Å². The number of aryl methyl sites for hydroxylation is 1. The molecular weight excluding hydrogens is 214 g/mol. The molecule has 1 N–H and O–H groups in total. The van der Waals surface area contributed by atoms with Crippen LogP contribution in [0.4, 0.5) is 0 Å². The van der Waals surface area contributed by atoms with Crippen molar-refractivity contribution in [2.45, 2.75) is 13.0 Å². The molecule has 1 amide bonds. The quantitative estimate of drug-likeness (QED) is 0.874. The molecule has 0 radical (unpaired) electrons. The normalized spacial score (nSPS) is 12.1. The van der Waals surface area contributed by atoms with Gasteiger partial charge in [0.1, 0.15) is 5.69 Å². The maximum atomic E-state index is 11.9. The Morgan fingerprint density at radius 1 is 1.29 bits per heavy atom. The number of amides is 1. The minimum absolute atomic E-state index is 0.0152. The lowest BCUT2D eigenvalue weighted by Gasteiger charge is -2.14. The molecule has 1 atom stereocenters. The molecule has 4 nitrogen and oxygen atoms in total. The topological polar surface area (TPSA) is 46.9 Å². The number of carbonyl (C=O) groups is 1. The third-order valence-corrected chi connectivity index (χ3v) is 2.70. The van der Waals surface area contributed by atoms with Crippen molar-refractivity contribution in [3.05, 3.63) is 53.9 Å². The molecular formula is C13H15N3O. The average Bonchev–Trinajstić information content (AvgIpc) is 2.76. The molecule has 0 bridgehead atoms. The van der Waals surface area contributed by atoms with Gasteiger partial charge in [-0.15, -0.1) is 0 Å². The van der Waals surface area contributed by atoms with Gasteiger partial charge in [0, 0.05) is 13.2 Å². The molecule has 4 heteroatoms. The number of nitrogens with zero attached hydrogens (tertiary/aromatic N) is 2. The maximum absolute atomic E-state index is 11.9. The van der Waals surface area contributed by atoms with Gasteiger partial charge < -0.3 is 5.32 Å². The second-order valence-corrected chi connectivity index (χ2v) is 3.95. The van der Waals surface area contributed by atoms with Crippen LogP contribution in [0.5, 0.6) is 0 Å². The molecule has 1 aromatic heterocycles. The molecule has 0 aliphatic rings. The Hall–Kier alpha value is -2.10. The summed E-state index contributed by atoms with van der Waals surface area (Å²) in [5.74, 6) is -0.110. The SMILES string of the molecule is C[C@H](NC(=O)c1ccnn1C)c1ccccc1. The zero-order chi connectivity index (χ0) is 12.3. The van der Waals surface area contributed by atoms with Gasteiger partial charge in [-0.05, 0) is 18.6 Å². The van der Waals surface area contributed by atoms with Crippen molar-refractivity contribution in [1.29, 1.82) is 0 Å². The van der Waals surface area contributed by atoms with Crippen molar-refractivity contribution in [2.75, 3.05) is 0 Å².